The van der Waals surface area contributed by atoms with Crippen LogP contribution in [0.25, 0.3) is 0 Å². The Labute approximate surface area is 117 Å². The number of benzene rings is 1. The first-order valence-electron chi connectivity index (χ1n) is 8.20. The molecule has 2 aliphatic carbocycles. The smallest absolute Gasteiger partial charge is 0.0323 e. The minimum absolute atomic E-state index is 0.262. The molecule has 1 unspecified atom stereocenters. The molecule has 104 valence electrons. The fourth-order valence-corrected chi connectivity index (χ4v) is 3.70. The molecular weight excluding hydrogens is 230 g/mol. The summed E-state index contributed by atoms with van der Waals surface area (Å²) in [4.78, 5) is 0. The maximum atomic E-state index is 6.57. The average Bonchev–Trinajstić information content (AvgIpc) is 2.65. The molecule has 1 aromatic carbocycles. The van der Waals surface area contributed by atoms with Crippen molar-refractivity contribution in [3.05, 3.63) is 35.4 Å². The van der Waals surface area contributed by atoms with E-state index in [1.54, 1.807) is 0 Å². The van der Waals surface area contributed by atoms with Crippen LogP contribution < -0.4 is 5.73 Å². The maximum Gasteiger partial charge on any atom is 0.0323 e. The van der Waals surface area contributed by atoms with Crippen LogP contribution in [-0.4, -0.2) is 0 Å². The summed E-state index contributed by atoms with van der Waals surface area (Å²) in [5, 5.41) is 0. The van der Waals surface area contributed by atoms with Crippen LogP contribution in [0.2, 0.25) is 0 Å². The Bertz CT molecular complexity index is 400. The standard InChI is InChI=1S/C18H27N/c19-18(15-7-3-1-2-4-8-15)17-12-6-11-16(13-17)14-9-5-10-14/h6,11-15,18H,1-5,7-10,19H2. The Morgan fingerprint density at radius 1 is 0.895 bits per heavy atom. The van der Waals surface area contributed by atoms with E-state index in [0.717, 1.165) is 5.92 Å². The van der Waals surface area contributed by atoms with Crippen LogP contribution in [0, 0.1) is 5.92 Å². The van der Waals surface area contributed by atoms with Gasteiger partial charge in [-0.05, 0) is 48.6 Å². The molecule has 0 heterocycles. The van der Waals surface area contributed by atoms with E-state index in [2.05, 4.69) is 24.3 Å². The molecule has 1 aromatic rings. The molecular formula is C18H27N. The van der Waals surface area contributed by atoms with E-state index in [0.29, 0.717) is 5.92 Å². The summed E-state index contributed by atoms with van der Waals surface area (Å²) in [7, 11) is 0. The van der Waals surface area contributed by atoms with Crippen LogP contribution in [0.5, 0.6) is 0 Å². The first-order chi connectivity index (χ1) is 9.34. The van der Waals surface area contributed by atoms with Crippen molar-refractivity contribution in [3.63, 3.8) is 0 Å². The summed E-state index contributed by atoms with van der Waals surface area (Å²) >= 11 is 0. The number of rotatable bonds is 3. The first kappa shape index (κ1) is 13.2. The Hall–Kier alpha value is -0.820. The van der Waals surface area contributed by atoms with Gasteiger partial charge in [-0.15, -0.1) is 0 Å². The lowest BCUT2D eigenvalue weighted by molar-refractivity contribution is 0.380. The predicted octanol–water partition coefficient (Wildman–Crippen LogP) is 4.92. The van der Waals surface area contributed by atoms with Crippen molar-refractivity contribution < 1.29 is 0 Å². The van der Waals surface area contributed by atoms with Gasteiger partial charge >= 0.3 is 0 Å². The summed E-state index contributed by atoms with van der Waals surface area (Å²) in [6.07, 6.45) is 12.4. The first-order valence-corrected chi connectivity index (χ1v) is 8.20. The molecule has 2 fully saturated rings. The quantitative estimate of drug-likeness (QED) is 0.764. The fraction of sp³-hybridized carbons (Fsp3) is 0.667. The Balaban J connectivity index is 1.72. The molecule has 2 N–H and O–H groups in total. The minimum Gasteiger partial charge on any atom is -0.324 e. The van der Waals surface area contributed by atoms with Crippen LogP contribution in [-0.2, 0) is 0 Å². The van der Waals surface area contributed by atoms with Gasteiger partial charge in [0.15, 0.2) is 0 Å². The van der Waals surface area contributed by atoms with Crippen molar-refractivity contribution in [2.75, 3.05) is 0 Å². The molecule has 0 radical (unpaired) electrons. The Morgan fingerprint density at radius 2 is 1.63 bits per heavy atom. The third-order valence-corrected chi connectivity index (χ3v) is 5.28. The van der Waals surface area contributed by atoms with Crippen molar-refractivity contribution in [1.29, 1.82) is 0 Å². The monoisotopic (exact) mass is 257 g/mol. The molecule has 0 spiro atoms. The van der Waals surface area contributed by atoms with Crippen molar-refractivity contribution in [2.24, 2.45) is 11.7 Å². The van der Waals surface area contributed by atoms with Gasteiger partial charge in [0.25, 0.3) is 0 Å². The lowest BCUT2D eigenvalue weighted by atomic mass is 9.78. The summed E-state index contributed by atoms with van der Waals surface area (Å²) < 4.78 is 0. The van der Waals surface area contributed by atoms with E-state index in [4.69, 9.17) is 5.73 Å². The molecule has 3 rings (SSSR count). The predicted molar refractivity (Wildman–Crippen MR) is 81.2 cm³/mol. The molecule has 0 bridgehead atoms. The summed E-state index contributed by atoms with van der Waals surface area (Å²) in [5.41, 5.74) is 9.49. The van der Waals surface area contributed by atoms with Gasteiger partial charge in [0, 0.05) is 6.04 Å². The van der Waals surface area contributed by atoms with Gasteiger partial charge in [0.2, 0.25) is 0 Å². The van der Waals surface area contributed by atoms with Gasteiger partial charge in [0.05, 0.1) is 0 Å². The van der Waals surface area contributed by atoms with Crippen LogP contribution in [0.15, 0.2) is 24.3 Å². The largest absolute Gasteiger partial charge is 0.324 e. The molecule has 2 aliphatic rings. The van der Waals surface area contributed by atoms with Gasteiger partial charge in [-0.1, -0.05) is 56.4 Å². The maximum absolute atomic E-state index is 6.57. The minimum atomic E-state index is 0.262. The van der Waals surface area contributed by atoms with Gasteiger partial charge in [-0.2, -0.15) is 0 Å². The normalized spacial score (nSPS) is 23.6. The molecule has 1 nitrogen and oxygen atoms in total. The van der Waals surface area contributed by atoms with Crippen LogP contribution in [0.3, 0.4) is 0 Å². The molecule has 0 aliphatic heterocycles. The Kier molecular flexibility index (Phi) is 4.22. The molecule has 19 heavy (non-hydrogen) atoms. The highest BCUT2D eigenvalue weighted by molar-refractivity contribution is 5.29. The van der Waals surface area contributed by atoms with Crippen molar-refractivity contribution in [3.8, 4) is 0 Å². The van der Waals surface area contributed by atoms with Gasteiger partial charge < -0.3 is 5.73 Å². The van der Waals surface area contributed by atoms with E-state index in [-0.39, 0.29) is 6.04 Å². The van der Waals surface area contributed by atoms with E-state index in [9.17, 15) is 0 Å². The van der Waals surface area contributed by atoms with Gasteiger partial charge in [0.1, 0.15) is 0 Å². The van der Waals surface area contributed by atoms with Crippen LogP contribution >= 0.6 is 0 Å². The summed E-state index contributed by atoms with van der Waals surface area (Å²) in [6.45, 7) is 0. The molecule has 2 saturated carbocycles. The zero-order chi connectivity index (χ0) is 13.1. The zero-order valence-electron chi connectivity index (χ0n) is 12.0. The average molecular weight is 257 g/mol. The van der Waals surface area contributed by atoms with Crippen molar-refractivity contribution >= 4 is 0 Å². The third kappa shape index (κ3) is 3.02. The molecule has 1 atom stereocenters. The highest BCUT2D eigenvalue weighted by atomic mass is 14.7. The number of hydrogen-bond donors (Lipinski definition) is 1. The number of hydrogen-bond acceptors (Lipinski definition) is 1. The van der Waals surface area contributed by atoms with E-state index in [1.807, 2.05) is 0 Å². The second kappa shape index (κ2) is 6.09. The summed E-state index contributed by atoms with van der Waals surface area (Å²) in [6, 6.07) is 9.43. The molecule has 0 amide bonds. The third-order valence-electron chi connectivity index (χ3n) is 5.28. The number of nitrogens with two attached hydrogens (primary N) is 1. The SMILES string of the molecule is NC(c1cccc(C2CCC2)c1)C1CCCCCC1. The highest BCUT2D eigenvalue weighted by Gasteiger charge is 2.23. The second-order valence-corrected chi connectivity index (χ2v) is 6.58. The zero-order valence-corrected chi connectivity index (χ0v) is 12.0. The van der Waals surface area contributed by atoms with Crippen LogP contribution in [0.4, 0.5) is 0 Å². The Morgan fingerprint density at radius 3 is 2.26 bits per heavy atom. The highest BCUT2D eigenvalue weighted by Crippen LogP contribution is 2.38. The molecule has 1 heteroatoms. The van der Waals surface area contributed by atoms with Crippen LogP contribution in [0.1, 0.15) is 80.9 Å². The van der Waals surface area contributed by atoms with Crippen molar-refractivity contribution in [2.45, 2.75) is 69.7 Å². The summed E-state index contributed by atoms with van der Waals surface area (Å²) in [5.74, 6) is 1.53. The second-order valence-electron chi connectivity index (χ2n) is 6.58. The van der Waals surface area contributed by atoms with Gasteiger partial charge in [-0.3, -0.25) is 0 Å². The van der Waals surface area contributed by atoms with Crippen molar-refractivity contribution in [1.82, 2.24) is 0 Å². The van der Waals surface area contributed by atoms with E-state index in [1.165, 1.54) is 68.9 Å². The molecule has 0 aromatic heterocycles. The van der Waals surface area contributed by atoms with E-state index < -0.39 is 0 Å². The lowest BCUT2D eigenvalue weighted by Gasteiger charge is -2.28. The molecule has 0 saturated heterocycles. The topological polar surface area (TPSA) is 26.0 Å². The van der Waals surface area contributed by atoms with Gasteiger partial charge in [-0.25, -0.2) is 0 Å². The lowest BCUT2D eigenvalue weighted by Crippen LogP contribution is -2.21. The van der Waals surface area contributed by atoms with E-state index >= 15 is 0 Å². The fourth-order valence-electron chi connectivity index (χ4n) is 3.70.